The molecule has 0 fully saturated rings. The summed E-state index contributed by atoms with van der Waals surface area (Å²) in [7, 11) is 0. The maximum atomic E-state index is 11.3. The molecule has 1 aromatic rings. The number of carbonyl (C=O) groups excluding carboxylic acids is 1. The molecule has 1 rings (SSSR count). The summed E-state index contributed by atoms with van der Waals surface area (Å²) in [4.78, 5) is 21.6. The Morgan fingerprint density at radius 2 is 1.83 bits per heavy atom. The second-order valence-electron chi connectivity index (χ2n) is 3.61. The number of Topliss-reactive ketones (excluding diaryl/α,β-unsaturated/α-hetero) is 1. The number of para-hydroxylation sites is 1. The van der Waals surface area contributed by atoms with E-state index >= 15 is 0 Å². The van der Waals surface area contributed by atoms with Crippen LogP contribution in [-0.4, -0.2) is 28.5 Å². The molecule has 5 nitrogen and oxygen atoms in total. The van der Waals surface area contributed by atoms with Crippen molar-refractivity contribution >= 4 is 34.8 Å². The van der Waals surface area contributed by atoms with Crippen LogP contribution in [0.5, 0.6) is 0 Å². The number of nitrogens with one attached hydrogen (secondary N) is 2. The van der Waals surface area contributed by atoms with Gasteiger partial charge in [0, 0.05) is 12.1 Å². The highest BCUT2D eigenvalue weighted by molar-refractivity contribution is 7.80. The van der Waals surface area contributed by atoms with Gasteiger partial charge in [-0.05, 0) is 24.4 Å². The van der Waals surface area contributed by atoms with Crippen LogP contribution in [0.25, 0.3) is 0 Å². The van der Waals surface area contributed by atoms with Crippen LogP contribution in [0.15, 0.2) is 30.3 Å². The zero-order valence-corrected chi connectivity index (χ0v) is 10.5. The van der Waals surface area contributed by atoms with E-state index in [4.69, 9.17) is 17.3 Å². The molecule has 1 aromatic carbocycles. The van der Waals surface area contributed by atoms with Crippen molar-refractivity contribution in [3.63, 3.8) is 0 Å². The van der Waals surface area contributed by atoms with Crippen LogP contribution in [0.4, 0.5) is 5.69 Å². The number of benzene rings is 1. The lowest BCUT2D eigenvalue weighted by atomic mass is 10.2. The Hall–Kier alpha value is -1.95. The van der Waals surface area contributed by atoms with Gasteiger partial charge in [-0.15, -0.1) is 0 Å². The van der Waals surface area contributed by atoms with Crippen molar-refractivity contribution in [2.75, 3.05) is 11.9 Å². The fourth-order valence-corrected chi connectivity index (χ4v) is 1.40. The summed E-state index contributed by atoms with van der Waals surface area (Å²) >= 11 is 5.00. The number of ketones is 1. The van der Waals surface area contributed by atoms with Gasteiger partial charge in [0.1, 0.15) is 0 Å². The molecule has 0 spiro atoms. The number of thiocarbonyl (C=S) groups is 1. The van der Waals surface area contributed by atoms with Gasteiger partial charge in [0.15, 0.2) is 10.9 Å². The molecule has 0 atom stereocenters. The average molecular weight is 266 g/mol. The highest BCUT2D eigenvalue weighted by atomic mass is 32.1. The second-order valence-corrected chi connectivity index (χ2v) is 4.01. The van der Waals surface area contributed by atoms with Gasteiger partial charge in [-0.1, -0.05) is 18.2 Å². The number of carbonyl (C=O) groups is 2. The van der Waals surface area contributed by atoms with Crippen LogP contribution in [0.3, 0.4) is 0 Å². The maximum Gasteiger partial charge on any atom is 0.303 e. The van der Waals surface area contributed by atoms with Crippen molar-refractivity contribution < 1.29 is 14.7 Å². The first-order chi connectivity index (χ1) is 8.58. The summed E-state index contributed by atoms with van der Waals surface area (Å²) in [5, 5.41) is 14.4. The molecule has 0 amide bonds. The first kappa shape index (κ1) is 14.1. The Morgan fingerprint density at radius 3 is 2.44 bits per heavy atom. The van der Waals surface area contributed by atoms with Gasteiger partial charge < -0.3 is 15.7 Å². The monoisotopic (exact) mass is 266 g/mol. The maximum absolute atomic E-state index is 11.3. The Bertz CT molecular complexity index is 434. The third-order valence-corrected chi connectivity index (χ3v) is 2.34. The zero-order chi connectivity index (χ0) is 13.4. The van der Waals surface area contributed by atoms with Crippen molar-refractivity contribution in [2.45, 2.75) is 12.8 Å². The third kappa shape index (κ3) is 5.95. The topological polar surface area (TPSA) is 78.4 Å². The van der Waals surface area contributed by atoms with Gasteiger partial charge in [0.05, 0.1) is 13.0 Å². The second kappa shape index (κ2) is 7.39. The van der Waals surface area contributed by atoms with Gasteiger partial charge in [-0.3, -0.25) is 9.59 Å². The first-order valence-electron chi connectivity index (χ1n) is 5.41. The molecule has 0 aliphatic heterocycles. The SMILES string of the molecule is O=C(O)CCC(=O)CNC(=S)Nc1ccccc1. The molecule has 0 aliphatic carbocycles. The Balaban J connectivity index is 2.25. The van der Waals surface area contributed by atoms with Crippen LogP contribution in [0, 0.1) is 0 Å². The standard InChI is InChI=1S/C12H14N2O3S/c15-10(6-7-11(16)17)8-13-12(18)14-9-4-2-1-3-5-9/h1-5H,6-8H2,(H,16,17)(H2,13,14,18). The van der Waals surface area contributed by atoms with Gasteiger partial charge in [-0.25, -0.2) is 0 Å². The van der Waals surface area contributed by atoms with Crippen LogP contribution in [0.1, 0.15) is 12.8 Å². The molecule has 3 N–H and O–H groups in total. The summed E-state index contributed by atoms with van der Waals surface area (Å²) in [5.41, 5.74) is 0.827. The van der Waals surface area contributed by atoms with Crippen LogP contribution >= 0.6 is 12.2 Å². The molecular formula is C12H14N2O3S. The minimum absolute atomic E-state index is 0.0102. The van der Waals surface area contributed by atoms with Crippen LogP contribution in [0.2, 0.25) is 0 Å². The molecule has 0 unspecified atom stereocenters. The summed E-state index contributed by atoms with van der Waals surface area (Å²) in [6.45, 7) is 0.0337. The normalized spacial score (nSPS) is 9.56. The summed E-state index contributed by atoms with van der Waals surface area (Å²) < 4.78 is 0. The molecule has 0 bridgehead atoms. The van der Waals surface area contributed by atoms with E-state index in [0.29, 0.717) is 5.11 Å². The molecule has 0 radical (unpaired) electrons. The zero-order valence-electron chi connectivity index (χ0n) is 9.68. The smallest absolute Gasteiger partial charge is 0.303 e. The molecule has 0 aromatic heterocycles. The number of carboxylic acids is 1. The third-order valence-electron chi connectivity index (χ3n) is 2.10. The van der Waals surface area contributed by atoms with E-state index < -0.39 is 5.97 Å². The highest BCUT2D eigenvalue weighted by Gasteiger charge is 2.06. The first-order valence-corrected chi connectivity index (χ1v) is 5.82. The quantitative estimate of drug-likeness (QED) is 0.676. The van der Waals surface area contributed by atoms with E-state index in [1.807, 2.05) is 30.3 Å². The number of rotatable bonds is 6. The van der Waals surface area contributed by atoms with Crippen LogP contribution < -0.4 is 10.6 Å². The molecule has 96 valence electrons. The lowest BCUT2D eigenvalue weighted by Crippen LogP contribution is -2.33. The molecular weight excluding hydrogens is 252 g/mol. The van der Waals surface area contributed by atoms with Gasteiger partial charge in [0.2, 0.25) is 0 Å². The molecule has 18 heavy (non-hydrogen) atoms. The summed E-state index contributed by atoms with van der Waals surface area (Å²) in [5.74, 6) is -1.16. The molecule has 0 saturated carbocycles. The Morgan fingerprint density at radius 1 is 1.17 bits per heavy atom. The Kier molecular flexibility index (Phi) is 5.79. The molecule has 0 heterocycles. The minimum atomic E-state index is -0.978. The number of aliphatic carboxylic acids is 1. The van der Waals surface area contributed by atoms with Crippen molar-refractivity contribution in [1.82, 2.24) is 5.32 Å². The van der Waals surface area contributed by atoms with Gasteiger partial charge in [-0.2, -0.15) is 0 Å². The van der Waals surface area contributed by atoms with Crippen molar-refractivity contribution in [2.24, 2.45) is 0 Å². The average Bonchev–Trinajstić information content (AvgIpc) is 2.35. The van der Waals surface area contributed by atoms with E-state index in [0.717, 1.165) is 5.69 Å². The number of hydrogen-bond donors (Lipinski definition) is 3. The largest absolute Gasteiger partial charge is 0.481 e. The van der Waals surface area contributed by atoms with E-state index in [1.165, 1.54) is 0 Å². The number of carboxylic acid groups (broad SMARTS) is 1. The fourth-order valence-electron chi connectivity index (χ4n) is 1.21. The molecule has 0 aliphatic rings. The minimum Gasteiger partial charge on any atom is -0.481 e. The van der Waals surface area contributed by atoms with Crippen molar-refractivity contribution in [3.8, 4) is 0 Å². The number of hydrogen-bond acceptors (Lipinski definition) is 3. The number of anilines is 1. The summed E-state index contributed by atoms with van der Waals surface area (Å²) in [6.07, 6.45) is -0.143. The van der Waals surface area contributed by atoms with E-state index in [2.05, 4.69) is 10.6 Å². The van der Waals surface area contributed by atoms with E-state index in [9.17, 15) is 9.59 Å². The Labute approximate surface area is 110 Å². The highest BCUT2D eigenvalue weighted by Crippen LogP contribution is 2.04. The predicted octanol–water partition coefficient (Wildman–Crippen LogP) is 1.41. The molecule has 0 saturated heterocycles. The van der Waals surface area contributed by atoms with E-state index in [-0.39, 0.29) is 25.2 Å². The van der Waals surface area contributed by atoms with Crippen molar-refractivity contribution in [1.29, 1.82) is 0 Å². The van der Waals surface area contributed by atoms with Gasteiger partial charge >= 0.3 is 5.97 Å². The van der Waals surface area contributed by atoms with Crippen molar-refractivity contribution in [3.05, 3.63) is 30.3 Å². The van der Waals surface area contributed by atoms with Gasteiger partial charge in [0.25, 0.3) is 0 Å². The molecule has 6 heteroatoms. The predicted molar refractivity (Wildman–Crippen MR) is 72.5 cm³/mol. The van der Waals surface area contributed by atoms with Crippen LogP contribution in [-0.2, 0) is 9.59 Å². The lowest BCUT2D eigenvalue weighted by molar-refractivity contribution is -0.138. The lowest BCUT2D eigenvalue weighted by Gasteiger charge is -2.09. The fraction of sp³-hybridized carbons (Fsp3) is 0.250. The summed E-state index contributed by atoms with van der Waals surface area (Å²) in [6, 6.07) is 9.31. The van der Waals surface area contributed by atoms with E-state index in [1.54, 1.807) is 0 Å².